The van der Waals surface area contributed by atoms with Gasteiger partial charge in [0.05, 0.1) is 7.11 Å². The molecule has 0 fully saturated rings. The van der Waals surface area contributed by atoms with Crippen molar-refractivity contribution in [2.45, 2.75) is 12.8 Å². The summed E-state index contributed by atoms with van der Waals surface area (Å²) < 4.78 is 17.9. The first-order valence-corrected chi connectivity index (χ1v) is 4.66. The quantitative estimate of drug-likeness (QED) is 0.757. The van der Waals surface area contributed by atoms with Gasteiger partial charge >= 0.3 is 0 Å². The first-order valence-electron chi connectivity index (χ1n) is 4.66. The van der Waals surface area contributed by atoms with Gasteiger partial charge in [-0.3, -0.25) is 4.79 Å². The van der Waals surface area contributed by atoms with E-state index in [0.717, 1.165) is 6.07 Å². The van der Waals surface area contributed by atoms with Crippen LogP contribution < -0.4 is 4.74 Å². The molecule has 0 aliphatic rings. The molecule has 4 heteroatoms. The highest BCUT2D eigenvalue weighted by Gasteiger charge is 2.09. The van der Waals surface area contributed by atoms with Crippen LogP contribution in [0.2, 0.25) is 0 Å². The van der Waals surface area contributed by atoms with Crippen molar-refractivity contribution in [3.05, 3.63) is 29.6 Å². The number of ether oxygens (including phenoxy) is 1. The Balaban J connectivity index is 2.78. The van der Waals surface area contributed by atoms with Crippen molar-refractivity contribution in [3.8, 4) is 5.75 Å². The van der Waals surface area contributed by atoms with Crippen molar-refractivity contribution >= 4 is 5.78 Å². The van der Waals surface area contributed by atoms with Gasteiger partial charge in [0.1, 0.15) is 0 Å². The van der Waals surface area contributed by atoms with E-state index in [9.17, 15) is 9.18 Å². The number of hydrogen-bond acceptors (Lipinski definition) is 3. The zero-order valence-electron chi connectivity index (χ0n) is 8.50. The van der Waals surface area contributed by atoms with E-state index in [1.165, 1.54) is 19.2 Å². The molecule has 1 aromatic carbocycles. The second-order valence-electron chi connectivity index (χ2n) is 3.10. The van der Waals surface area contributed by atoms with Crippen molar-refractivity contribution < 1.29 is 19.0 Å². The molecule has 0 unspecified atom stereocenters. The van der Waals surface area contributed by atoms with Crippen LogP contribution in [0.4, 0.5) is 4.39 Å². The van der Waals surface area contributed by atoms with Gasteiger partial charge < -0.3 is 9.84 Å². The summed E-state index contributed by atoms with van der Waals surface area (Å²) in [6.45, 7) is -0.0373. The van der Waals surface area contributed by atoms with Gasteiger partial charge in [-0.15, -0.1) is 0 Å². The third-order valence-electron chi connectivity index (χ3n) is 2.04. The molecule has 82 valence electrons. The lowest BCUT2D eigenvalue weighted by molar-refractivity contribution is 0.0971. The Morgan fingerprint density at radius 3 is 2.80 bits per heavy atom. The molecule has 0 amide bonds. The van der Waals surface area contributed by atoms with Crippen LogP contribution in [0.5, 0.6) is 5.75 Å². The molecule has 1 N–H and O–H groups in total. The molecule has 15 heavy (non-hydrogen) atoms. The summed E-state index contributed by atoms with van der Waals surface area (Å²) in [4.78, 5) is 11.4. The van der Waals surface area contributed by atoms with Crippen LogP contribution in [0.3, 0.4) is 0 Å². The maximum atomic E-state index is 13.2. The SMILES string of the molecule is COc1ccc(C(=O)CCCO)cc1F. The average Bonchev–Trinajstić information content (AvgIpc) is 2.25. The predicted octanol–water partition coefficient (Wildman–Crippen LogP) is 1.79. The summed E-state index contributed by atoms with van der Waals surface area (Å²) in [6.07, 6.45) is 0.620. The van der Waals surface area contributed by atoms with Gasteiger partial charge in [-0.05, 0) is 24.6 Å². The topological polar surface area (TPSA) is 46.5 Å². The lowest BCUT2D eigenvalue weighted by Gasteiger charge is -2.04. The highest BCUT2D eigenvalue weighted by atomic mass is 19.1. The van der Waals surface area contributed by atoms with Gasteiger partial charge in [-0.1, -0.05) is 0 Å². The Kier molecular flexibility index (Phi) is 4.24. The summed E-state index contributed by atoms with van der Waals surface area (Å²) in [5.41, 5.74) is 0.307. The number of halogens is 1. The minimum absolute atomic E-state index is 0.0373. The number of benzene rings is 1. The summed E-state index contributed by atoms with van der Waals surface area (Å²) in [6, 6.07) is 4.08. The first kappa shape index (κ1) is 11.7. The Hall–Kier alpha value is -1.42. The number of methoxy groups -OCH3 is 1. The van der Waals surface area contributed by atoms with Crippen LogP contribution in [0.1, 0.15) is 23.2 Å². The average molecular weight is 212 g/mol. The fourth-order valence-corrected chi connectivity index (χ4v) is 1.22. The van der Waals surface area contributed by atoms with Gasteiger partial charge in [-0.25, -0.2) is 4.39 Å². The van der Waals surface area contributed by atoms with Crippen LogP contribution in [0, 0.1) is 5.82 Å². The van der Waals surface area contributed by atoms with E-state index in [1.54, 1.807) is 0 Å². The fraction of sp³-hybridized carbons (Fsp3) is 0.364. The van der Waals surface area contributed by atoms with Crippen LogP contribution in [-0.2, 0) is 0 Å². The molecular weight excluding hydrogens is 199 g/mol. The van der Waals surface area contributed by atoms with Crippen molar-refractivity contribution in [1.29, 1.82) is 0 Å². The van der Waals surface area contributed by atoms with Gasteiger partial charge in [0.15, 0.2) is 17.3 Å². The largest absolute Gasteiger partial charge is 0.494 e. The van der Waals surface area contributed by atoms with E-state index >= 15 is 0 Å². The second-order valence-corrected chi connectivity index (χ2v) is 3.10. The summed E-state index contributed by atoms with van der Waals surface area (Å²) in [5, 5.41) is 8.55. The zero-order chi connectivity index (χ0) is 11.3. The maximum absolute atomic E-state index is 13.2. The highest BCUT2D eigenvalue weighted by Crippen LogP contribution is 2.18. The molecule has 0 saturated heterocycles. The van der Waals surface area contributed by atoms with E-state index in [4.69, 9.17) is 9.84 Å². The molecule has 0 aromatic heterocycles. The molecule has 1 aromatic rings. The fourth-order valence-electron chi connectivity index (χ4n) is 1.22. The van der Waals surface area contributed by atoms with Gasteiger partial charge in [0.2, 0.25) is 0 Å². The minimum Gasteiger partial charge on any atom is -0.494 e. The molecule has 0 aliphatic heterocycles. The Labute approximate surface area is 87.5 Å². The van der Waals surface area contributed by atoms with Crippen LogP contribution in [-0.4, -0.2) is 24.6 Å². The van der Waals surface area contributed by atoms with Crippen molar-refractivity contribution in [2.75, 3.05) is 13.7 Å². The molecule has 3 nitrogen and oxygen atoms in total. The smallest absolute Gasteiger partial charge is 0.165 e. The second kappa shape index (κ2) is 5.46. The summed E-state index contributed by atoms with van der Waals surface area (Å²) >= 11 is 0. The van der Waals surface area contributed by atoms with Crippen molar-refractivity contribution in [2.24, 2.45) is 0 Å². The molecule has 0 saturated carbocycles. The summed E-state index contributed by atoms with van der Waals surface area (Å²) in [5.74, 6) is -0.605. The van der Waals surface area contributed by atoms with Gasteiger partial charge in [0.25, 0.3) is 0 Å². The molecule has 0 heterocycles. The van der Waals surface area contributed by atoms with Crippen molar-refractivity contribution in [1.82, 2.24) is 0 Å². The number of carbonyl (C=O) groups excluding carboxylic acids is 1. The Morgan fingerprint density at radius 1 is 1.53 bits per heavy atom. The van der Waals surface area contributed by atoms with Crippen LogP contribution in [0.15, 0.2) is 18.2 Å². The lowest BCUT2D eigenvalue weighted by atomic mass is 10.1. The van der Waals surface area contributed by atoms with E-state index < -0.39 is 5.82 Å². The molecule has 0 bridgehead atoms. The number of hydrogen-bond donors (Lipinski definition) is 1. The Morgan fingerprint density at radius 2 is 2.27 bits per heavy atom. The van der Waals surface area contributed by atoms with Crippen molar-refractivity contribution in [3.63, 3.8) is 0 Å². The van der Waals surface area contributed by atoms with Crippen LogP contribution >= 0.6 is 0 Å². The highest BCUT2D eigenvalue weighted by molar-refractivity contribution is 5.96. The lowest BCUT2D eigenvalue weighted by Crippen LogP contribution is -2.01. The van der Waals surface area contributed by atoms with Gasteiger partial charge in [0, 0.05) is 18.6 Å². The van der Waals surface area contributed by atoms with E-state index in [0.29, 0.717) is 12.0 Å². The zero-order valence-corrected chi connectivity index (χ0v) is 8.50. The summed E-state index contributed by atoms with van der Waals surface area (Å²) in [7, 11) is 1.37. The minimum atomic E-state index is -0.549. The van der Waals surface area contributed by atoms with Crippen LogP contribution in [0.25, 0.3) is 0 Å². The molecule has 0 radical (unpaired) electrons. The normalized spacial score (nSPS) is 10.1. The predicted molar refractivity (Wildman–Crippen MR) is 53.6 cm³/mol. The van der Waals surface area contributed by atoms with E-state index in [2.05, 4.69) is 0 Å². The number of aliphatic hydroxyl groups is 1. The molecular formula is C11H13FO3. The number of aliphatic hydroxyl groups excluding tert-OH is 1. The van der Waals surface area contributed by atoms with E-state index in [-0.39, 0.29) is 24.6 Å². The number of carbonyl (C=O) groups is 1. The van der Waals surface area contributed by atoms with Gasteiger partial charge in [-0.2, -0.15) is 0 Å². The molecule has 0 atom stereocenters. The molecule has 0 aliphatic carbocycles. The number of ketones is 1. The van der Waals surface area contributed by atoms with E-state index in [1.807, 2.05) is 0 Å². The maximum Gasteiger partial charge on any atom is 0.165 e. The Bertz CT molecular complexity index is 350. The third kappa shape index (κ3) is 3.02. The number of Topliss-reactive ketones (excluding diaryl/α,β-unsaturated/α-hetero) is 1. The standard InChI is InChI=1S/C11H13FO3/c1-15-11-5-4-8(7-9(11)12)10(14)3-2-6-13/h4-5,7,13H,2-3,6H2,1H3. The number of rotatable bonds is 5. The first-order chi connectivity index (χ1) is 7.19. The molecule has 1 rings (SSSR count). The monoisotopic (exact) mass is 212 g/mol. The third-order valence-corrected chi connectivity index (χ3v) is 2.04. The molecule has 0 spiro atoms.